The number of halogens is 3. The number of hydrogen-bond donors (Lipinski definition) is 1. The molecular formula is C13H16F3NO2S. The van der Waals surface area contributed by atoms with Gasteiger partial charge in [-0.15, -0.1) is 0 Å². The number of rotatable bonds is 3. The third-order valence-electron chi connectivity index (χ3n) is 3.61. The molecule has 7 heteroatoms. The van der Waals surface area contributed by atoms with Crippen LogP contribution in [0.25, 0.3) is 0 Å². The van der Waals surface area contributed by atoms with Crippen molar-refractivity contribution in [3.8, 4) is 0 Å². The summed E-state index contributed by atoms with van der Waals surface area (Å²) in [5.74, 6) is -1.37. The molecule has 0 amide bonds. The van der Waals surface area contributed by atoms with Crippen LogP contribution in [0, 0.1) is 5.92 Å². The first-order valence-electron chi connectivity index (χ1n) is 6.42. The molecule has 0 heterocycles. The summed E-state index contributed by atoms with van der Waals surface area (Å²) >= 11 is 0. The molecule has 1 aliphatic carbocycles. The predicted molar refractivity (Wildman–Crippen MR) is 70.8 cm³/mol. The molecule has 20 heavy (non-hydrogen) atoms. The van der Waals surface area contributed by atoms with Crippen molar-refractivity contribution in [2.75, 3.05) is 4.72 Å². The van der Waals surface area contributed by atoms with Crippen LogP contribution in [0.15, 0.2) is 30.3 Å². The predicted octanol–water partition coefficient (Wildman–Crippen LogP) is 3.55. The molecule has 0 aromatic heterocycles. The summed E-state index contributed by atoms with van der Waals surface area (Å²) in [4.78, 5) is 0. The molecule has 2 rings (SSSR count). The molecule has 0 unspecified atom stereocenters. The summed E-state index contributed by atoms with van der Waals surface area (Å²) in [6.45, 7) is 0. The molecule has 1 aromatic carbocycles. The molecule has 0 bridgehead atoms. The monoisotopic (exact) mass is 307 g/mol. The van der Waals surface area contributed by atoms with Crippen molar-refractivity contribution < 1.29 is 21.6 Å². The molecule has 1 N–H and O–H groups in total. The van der Waals surface area contributed by atoms with Crippen LogP contribution < -0.4 is 4.72 Å². The van der Waals surface area contributed by atoms with Gasteiger partial charge in [0.05, 0.1) is 11.2 Å². The van der Waals surface area contributed by atoms with Crippen LogP contribution in [-0.4, -0.2) is 19.8 Å². The smallest absolute Gasteiger partial charge is 0.283 e. The van der Waals surface area contributed by atoms with Crippen LogP contribution in [-0.2, 0) is 10.0 Å². The third-order valence-corrected chi connectivity index (χ3v) is 5.48. The lowest BCUT2D eigenvalue weighted by atomic mass is 9.88. The van der Waals surface area contributed by atoms with E-state index in [0.29, 0.717) is 5.69 Å². The quantitative estimate of drug-likeness (QED) is 0.928. The van der Waals surface area contributed by atoms with E-state index in [1.807, 2.05) is 0 Å². The highest BCUT2D eigenvalue weighted by Gasteiger charge is 2.43. The van der Waals surface area contributed by atoms with Crippen molar-refractivity contribution in [1.29, 1.82) is 0 Å². The molecule has 0 radical (unpaired) electrons. The SMILES string of the molecule is O=S(=O)(Nc1ccccc1)C1CCC(C(F)(F)F)CC1. The van der Waals surface area contributed by atoms with Crippen LogP contribution in [0.1, 0.15) is 25.7 Å². The Morgan fingerprint density at radius 2 is 1.55 bits per heavy atom. The second-order valence-electron chi connectivity index (χ2n) is 5.03. The minimum atomic E-state index is -4.22. The van der Waals surface area contributed by atoms with E-state index >= 15 is 0 Å². The largest absolute Gasteiger partial charge is 0.391 e. The van der Waals surface area contributed by atoms with Crippen LogP contribution >= 0.6 is 0 Å². The van der Waals surface area contributed by atoms with E-state index in [1.54, 1.807) is 30.3 Å². The van der Waals surface area contributed by atoms with Gasteiger partial charge in [-0.2, -0.15) is 13.2 Å². The summed E-state index contributed by atoms with van der Waals surface area (Å²) in [5, 5.41) is -0.749. The van der Waals surface area contributed by atoms with Crippen molar-refractivity contribution in [3.63, 3.8) is 0 Å². The zero-order chi connectivity index (χ0) is 14.8. The van der Waals surface area contributed by atoms with Crippen molar-refractivity contribution >= 4 is 15.7 Å². The zero-order valence-electron chi connectivity index (χ0n) is 10.7. The fourth-order valence-corrected chi connectivity index (χ4v) is 3.98. The van der Waals surface area contributed by atoms with Gasteiger partial charge in [0.2, 0.25) is 10.0 Å². The minimum absolute atomic E-state index is 0.0480. The molecule has 1 aromatic rings. The van der Waals surface area contributed by atoms with Crippen LogP contribution in [0.2, 0.25) is 0 Å². The Labute approximate surface area is 116 Å². The highest BCUT2D eigenvalue weighted by atomic mass is 32.2. The highest BCUT2D eigenvalue weighted by molar-refractivity contribution is 7.93. The van der Waals surface area contributed by atoms with Gasteiger partial charge in [-0.05, 0) is 37.8 Å². The van der Waals surface area contributed by atoms with E-state index < -0.39 is 27.4 Å². The second-order valence-corrected chi connectivity index (χ2v) is 6.99. The molecule has 0 aliphatic heterocycles. The first-order chi connectivity index (χ1) is 9.29. The van der Waals surface area contributed by atoms with Gasteiger partial charge < -0.3 is 0 Å². The summed E-state index contributed by atoms with van der Waals surface area (Å²) in [6.07, 6.45) is -4.37. The maximum absolute atomic E-state index is 12.5. The van der Waals surface area contributed by atoms with Gasteiger partial charge in [-0.25, -0.2) is 8.42 Å². The first kappa shape index (κ1) is 15.2. The van der Waals surface area contributed by atoms with Crippen LogP contribution in [0.3, 0.4) is 0 Å². The second kappa shape index (κ2) is 5.63. The Morgan fingerprint density at radius 1 is 1.00 bits per heavy atom. The average Bonchev–Trinajstić information content (AvgIpc) is 2.38. The fraction of sp³-hybridized carbons (Fsp3) is 0.538. The van der Waals surface area contributed by atoms with E-state index in [-0.39, 0.29) is 25.7 Å². The molecule has 0 spiro atoms. The molecule has 1 aliphatic rings. The summed E-state index contributed by atoms with van der Waals surface area (Å²) in [7, 11) is -3.62. The molecule has 1 fully saturated rings. The molecule has 112 valence electrons. The number of sulfonamides is 1. The topological polar surface area (TPSA) is 46.2 Å². The number of anilines is 1. The maximum atomic E-state index is 12.5. The Hall–Kier alpha value is -1.24. The van der Waals surface area contributed by atoms with Crippen molar-refractivity contribution in [1.82, 2.24) is 0 Å². The molecule has 0 saturated heterocycles. The number of para-hydroxylation sites is 1. The van der Waals surface area contributed by atoms with Crippen molar-refractivity contribution in [2.24, 2.45) is 5.92 Å². The van der Waals surface area contributed by atoms with Gasteiger partial charge in [0, 0.05) is 5.69 Å². The lowest BCUT2D eigenvalue weighted by Crippen LogP contribution is -2.35. The van der Waals surface area contributed by atoms with Crippen LogP contribution in [0.5, 0.6) is 0 Å². The Kier molecular flexibility index (Phi) is 4.27. The van der Waals surface area contributed by atoms with Gasteiger partial charge >= 0.3 is 6.18 Å². The van der Waals surface area contributed by atoms with Gasteiger partial charge in [0.1, 0.15) is 0 Å². The number of hydrogen-bond acceptors (Lipinski definition) is 2. The number of alkyl halides is 3. The standard InChI is InChI=1S/C13H16F3NO2S/c14-13(15,16)10-6-8-12(9-7-10)20(18,19)17-11-4-2-1-3-5-11/h1-5,10,12,17H,6-9H2. The van der Waals surface area contributed by atoms with Crippen molar-refractivity contribution in [3.05, 3.63) is 30.3 Å². The number of benzene rings is 1. The van der Waals surface area contributed by atoms with Gasteiger partial charge in [0.15, 0.2) is 0 Å². The number of nitrogens with one attached hydrogen (secondary N) is 1. The third kappa shape index (κ3) is 3.65. The van der Waals surface area contributed by atoms with E-state index in [1.165, 1.54) is 0 Å². The Bertz CT molecular complexity index is 534. The van der Waals surface area contributed by atoms with Gasteiger partial charge in [0.25, 0.3) is 0 Å². The van der Waals surface area contributed by atoms with E-state index in [4.69, 9.17) is 0 Å². The van der Waals surface area contributed by atoms with Crippen LogP contribution in [0.4, 0.5) is 18.9 Å². The molecular weight excluding hydrogens is 291 g/mol. The highest BCUT2D eigenvalue weighted by Crippen LogP contribution is 2.39. The Balaban J connectivity index is 1.99. The summed E-state index contributed by atoms with van der Waals surface area (Å²) < 4.78 is 64.3. The maximum Gasteiger partial charge on any atom is 0.391 e. The normalized spacial score (nSPS) is 24.4. The minimum Gasteiger partial charge on any atom is -0.283 e. The van der Waals surface area contributed by atoms with Crippen molar-refractivity contribution in [2.45, 2.75) is 37.1 Å². The molecule has 1 saturated carbocycles. The molecule has 3 nitrogen and oxygen atoms in total. The molecule has 0 atom stereocenters. The van der Waals surface area contributed by atoms with Gasteiger partial charge in [-0.1, -0.05) is 18.2 Å². The average molecular weight is 307 g/mol. The van der Waals surface area contributed by atoms with E-state index in [9.17, 15) is 21.6 Å². The fourth-order valence-electron chi connectivity index (χ4n) is 2.45. The lowest BCUT2D eigenvalue weighted by Gasteiger charge is -2.29. The first-order valence-corrected chi connectivity index (χ1v) is 7.97. The lowest BCUT2D eigenvalue weighted by molar-refractivity contribution is -0.181. The van der Waals surface area contributed by atoms with E-state index in [0.717, 1.165) is 0 Å². The summed E-state index contributed by atoms with van der Waals surface area (Å²) in [5.41, 5.74) is 0.436. The summed E-state index contributed by atoms with van der Waals surface area (Å²) in [6, 6.07) is 8.36. The van der Waals surface area contributed by atoms with E-state index in [2.05, 4.69) is 4.72 Å². The zero-order valence-corrected chi connectivity index (χ0v) is 11.5. The van der Waals surface area contributed by atoms with Gasteiger partial charge in [-0.3, -0.25) is 4.72 Å². The Morgan fingerprint density at radius 3 is 2.05 bits per heavy atom.